The number of nitrogens with one attached hydrogen (secondary N) is 2. The van der Waals surface area contributed by atoms with E-state index >= 15 is 0 Å². The number of hydrogen-bond donors (Lipinski definition) is 2. The molecule has 2 N–H and O–H groups in total. The van der Waals surface area contributed by atoms with Crippen LogP contribution in [0.2, 0.25) is 0 Å². The van der Waals surface area contributed by atoms with Crippen molar-refractivity contribution in [2.45, 2.75) is 39.7 Å². The second-order valence-electron chi connectivity index (χ2n) is 8.54. The fourth-order valence-electron chi connectivity index (χ4n) is 4.12. The Morgan fingerprint density at radius 1 is 0.710 bits per heavy atom. The lowest BCUT2D eigenvalue weighted by Crippen LogP contribution is -2.36. The van der Waals surface area contributed by atoms with Gasteiger partial charge in [0.25, 0.3) is 11.8 Å². The van der Waals surface area contributed by atoms with Crippen LogP contribution in [-0.2, 0) is 0 Å². The third-order valence-corrected chi connectivity index (χ3v) is 6.41. The van der Waals surface area contributed by atoms with Gasteiger partial charge in [-0.2, -0.15) is 0 Å². The summed E-state index contributed by atoms with van der Waals surface area (Å²) in [7, 11) is 0. The third kappa shape index (κ3) is 4.24. The van der Waals surface area contributed by atoms with E-state index in [1.54, 1.807) is 0 Å². The van der Waals surface area contributed by atoms with E-state index in [0.717, 1.165) is 33.4 Å². The van der Waals surface area contributed by atoms with Crippen LogP contribution in [0, 0.1) is 27.7 Å². The highest BCUT2D eigenvalue weighted by atomic mass is 16.2. The van der Waals surface area contributed by atoms with Gasteiger partial charge in [0.05, 0.1) is 6.04 Å². The Morgan fingerprint density at radius 3 is 1.90 bits per heavy atom. The Bertz CT molecular complexity index is 1170. The summed E-state index contributed by atoms with van der Waals surface area (Å²) in [6.07, 6.45) is 0. The van der Waals surface area contributed by atoms with Gasteiger partial charge in [-0.05, 0) is 85.3 Å². The van der Waals surface area contributed by atoms with Gasteiger partial charge in [-0.15, -0.1) is 0 Å². The minimum atomic E-state index is -0.167. The van der Waals surface area contributed by atoms with Gasteiger partial charge in [-0.25, -0.2) is 0 Å². The van der Waals surface area contributed by atoms with Crippen molar-refractivity contribution < 1.29 is 9.59 Å². The average Bonchev–Trinajstić information content (AvgIpc) is 2.98. The summed E-state index contributed by atoms with van der Waals surface area (Å²) in [6.45, 7) is 8.54. The normalized spacial score (nSPS) is 16.8. The molecule has 158 valence electrons. The SMILES string of the molecule is Cc1ccc(C(=O)NCC2c3cccc(c3)C2NC(=O)c2ccc(C)c(C)c2)cc1C. The molecular weight excluding hydrogens is 384 g/mol. The minimum absolute atomic E-state index is 0.00371. The monoisotopic (exact) mass is 412 g/mol. The molecule has 2 atom stereocenters. The Balaban J connectivity index is 1.49. The number of fused-ring (bicyclic) bond motifs is 2. The number of carbonyl (C=O) groups is 2. The van der Waals surface area contributed by atoms with Crippen molar-refractivity contribution in [2.24, 2.45) is 0 Å². The van der Waals surface area contributed by atoms with Crippen LogP contribution in [0.3, 0.4) is 0 Å². The van der Waals surface area contributed by atoms with Crippen LogP contribution >= 0.6 is 0 Å². The van der Waals surface area contributed by atoms with Crippen molar-refractivity contribution in [3.05, 3.63) is 105 Å². The molecule has 1 aliphatic rings. The summed E-state index contributed by atoms with van der Waals surface area (Å²) in [5.74, 6) is -0.195. The molecular formula is C27H28N2O2. The first kappa shape index (κ1) is 20.9. The maximum Gasteiger partial charge on any atom is 0.251 e. The number of hydrogen-bond acceptors (Lipinski definition) is 2. The van der Waals surface area contributed by atoms with Crippen molar-refractivity contribution in [3.63, 3.8) is 0 Å². The lowest BCUT2D eigenvalue weighted by Gasteiger charge is -2.23. The standard InChI is InChI=1S/C27H28N2O2/c1-16-8-10-22(12-18(16)3)26(30)28-15-24-20-6-5-7-21(14-20)25(24)29-27(31)23-11-9-17(2)19(4)13-23/h5-14,24-25H,15H2,1-4H3,(H,28,30)(H,29,31). The van der Waals surface area contributed by atoms with E-state index in [9.17, 15) is 9.59 Å². The topological polar surface area (TPSA) is 58.2 Å². The Hall–Kier alpha value is -3.40. The molecule has 0 heterocycles. The van der Waals surface area contributed by atoms with Crippen LogP contribution in [0.4, 0.5) is 0 Å². The first-order valence-electron chi connectivity index (χ1n) is 10.7. The molecule has 3 aromatic carbocycles. The smallest absolute Gasteiger partial charge is 0.251 e. The summed E-state index contributed by atoms with van der Waals surface area (Å²) < 4.78 is 0. The molecule has 31 heavy (non-hydrogen) atoms. The van der Waals surface area contributed by atoms with Crippen molar-refractivity contribution >= 4 is 11.8 Å². The Morgan fingerprint density at radius 2 is 1.29 bits per heavy atom. The molecule has 3 aromatic rings. The molecule has 0 radical (unpaired) electrons. The van der Waals surface area contributed by atoms with E-state index in [1.165, 1.54) is 0 Å². The van der Waals surface area contributed by atoms with Crippen molar-refractivity contribution in [1.82, 2.24) is 10.6 Å². The quantitative estimate of drug-likeness (QED) is 0.625. The first-order valence-corrected chi connectivity index (χ1v) is 10.7. The van der Waals surface area contributed by atoms with Crippen molar-refractivity contribution in [1.29, 1.82) is 0 Å². The van der Waals surface area contributed by atoms with E-state index in [-0.39, 0.29) is 23.8 Å². The number of rotatable bonds is 5. The Kier molecular flexibility index (Phi) is 5.64. The highest BCUT2D eigenvalue weighted by molar-refractivity contribution is 5.95. The van der Waals surface area contributed by atoms with Gasteiger partial charge in [0, 0.05) is 23.6 Å². The summed E-state index contributed by atoms with van der Waals surface area (Å²) in [6, 6.07) is 19.5. The zero-order chi connectivity index (χ0) is 22.1. The third-order valence-electron chi connectivity index (χ3n) is 6.41. The molecule has 4 heteroatoms. The Labute approximate surface area is 183 Å². The molecule has 0 aromatic heterocycles. The van der Waals surface area contributed by atoms with Crippen LogP contribution in [0.25, 0.3) is 0 Å². The minimum Gasteiger partial charge on any atom is -0.351 e. The lowest BCUT2D eigenvalue weighted by molar-refractivity contribution is 0.0928. The highest BCUT2D eigenvalue weighted by Gasteiger charge is 2.32. The van der Waals surface area contributed by atoms with Crippen LogP contribution < -0.4 is 10.6 Å². The van der Waals surface area contributed by atoms with Crippen LogP contribution in [0.5, 0.6) is 0 Å². The van der Waals surface area contributed by atoms with Crippen LogP contribution in [0.1, 0.15) is 66.1 Å². The van der Waals surface area contributed by atoms with Gasteiger partial charge in [-0.1, -0.05) is 36.4 Å². The molecule has 0 saturated carbocycles. The number of aryl methyl sites for hydroxylation is 4. The number of carbonyl (C=O) groups excluding carboxylic acids is 2. The van der Waals surface area contributed by atoms with Gasteiger partial charge < -0.3 is 10.6 Å². The predicted molar refractivity (Wildman–Crippen MR) is 124 cm³/mol. The fourth-order valence-corrected chi connectivity index (χ4v) is 4.12. The zero-order valence-corrected chi connectivity index (χ0v) is 18.5. The molecule has 4 nitrogen and oxygen atoms in total. The van der Waals surface area contributed by atoms with Gasteiger partial charge in [0.1, 0.15) is 0 Å². The molecule has 2 unspecified atom stereocenters. The van der Waals surface area contributed by atoms with Gasteiger partial charge >= 0.3 is 0 Å². The van der Waals surface area contributed by atoms with E-state index in [4.69, 9.17) is 0 Å². The lowest BCUT2D eigenvalue weighted by atomic mass is 9.97. The second-order valence-corrected chi connectivity index (χ2v) is 8.54. The van der Waals surface area contributed by atoms with Crippen molar-refractivity contribution in [2.75, 3.05) is 6.54 Å². The summed E-state index contributed by atoms with van der Waals surface area (Å²) >= 11 is 0. The second kappa shape index (κ2) is 8.38. The van der Waals surface area contributed by atoms with Gasteiger partial charge in [0.2, 0.25) is 0 Å². The average molecular weight is 413 g/mol. The van der Waals surface area contributed by atoms with E-state index in [0.29, 0.717) is 17.7 Å². The zero-order valence-electron chi connectivity index (χ0n) is 18.5. The molecule has 1 aliphatic carbocycles. The summed E-state index contributed by atoms with van der Waals surface area (Å²) in [4.78, 5) is 25.7. The number of amides is 2. The predicted octanol–water partition coefficient (Wildman–Crippen LogP) is 4.92. The van der Waals surface area contributed by atoms with E-state index < -0.39 is 0 Å². The molecule has 2 amide bonds. The fraction of sp³-hybridized carbons (Fsp3) is 0.259. The first-order chi connectivity index (χ1) is 14.8. The molecule has 0 saturated heterocycles. The molecule has 2 bridgehead atoms. The van der Waals surface area contributed by atoms with Crippen LogP contribution in [-0.4, -0.2) is 18.4 Å². The van der Waals surface area contributed by atoms with Gasteiger partial charge in [0.15, 0.2) is 0 Å². The molecule has 4 rings (SSSR count). The number of benzene rings is 3. The van der Waals surface area contributed by atoms with E-state index in [2.05, 4.69) is 22.8 Å². The highest BCUT2D eigenvalue weighted by Crippen LogP contribution is 2.38. The summed E-state index contributed by atoms with van der Waals surface area (Å²) in [5, 5.41) is 6.26. The summed E-state index contributed by atoms with van der Waals surface area (Å²) in [5.41, 5.74) is 8.02. The molecule has 0 spiro atoms. The van der Waals surface area contributed by atoms with E-state index in [1.807, 2.05) is 76.2 Å². The van der Waals surface area contributed by atoms with Crippen LogP contribution in [0.15, 0.2) is 60.7 Å². The largest absolute Gasteiger partial charge is 0.351 e. The maximum atomic E-state index is 13.0. The van der Waals surface area contributed by atoms with Crippen molar-refractivity contribution in [3.8, 4) is 0 Å². The molecule has 0 aliphatic heterocycles. The maximum absolute atomic E-state index is 13.0. The molecule has 0 fully saturated rings. The van der Waals surface area contributed by atoms with Gasteiger partial charge in [-0.3, -0.25) is 9.59 Å².